The van der Waals surface area contributed by atoms with Crippen LogP contribution < -0.4 is 5.32 Å². The van der Waals surface area contributed by atoms with Gasteiger partial charge in [0, 0.05) is 5.02 Å². The van der Waals surface area contributed by atoms with Crippen molar-refractivity contribution in [2.24, 2.45) is 0 Å². The lowest BCUT2D eigenvalue weighted by Gasteiger charge is -2.24. The van der Waals surface area contributed by atoms with Crippen molar-refractivity contribution < 1.29 is 14.7 Å². The van der Waals surface area contributed by atoms with Gasteiger partial charge in [-0.05, 0) is 38.6 Å². The Morgan fingerprint density at radius 2 is 1.85 bits per heavy atom. The van der Waals surface area contributed by atoms with Crippen molar-refractivity contribution in [1.82, 2.24) is 10.2 Å². The summed E-state index contributed by atoms with van der Waals surface area (Å²) in [7, 11) is 1.60. The van der Waals surface area contributed by atoms with Gasteiger partial charge in [-0.25, -0.2) is 0 Å². The highest BCUT2D eigenvalue weighted by atomic mass is 35.5. The molecule has 0 aromatic heterocycles. The van der Waals surface area contributed by atoms with Crippen molar-refractivity contribution in [2.75, 3.05) is 13.6 Å². The molecule has 0 aliphatic heterocycles. The van der Waals surface area contributed by atoms with Gasteiger partial charge in [-0.3, -0.25) is 14.5 Å². The number of rotatable bonds is 6. The number of carbonyl (C=O) groups is 2. The summed E-state index contributed by atoms with van der Waals surface area (Å²) < 4.78 is 0. The summed E-state index contributed by atoms with van der Waals surface area (Å²) in [6.07, 6.45) is 0. The molecule has 20 heavy (non-hydrogen) atoms. The molecule has 0 heterocycles. The maximum atomic E-state index is 12.0. The van der Waals surface area contributed by atoms with E-state index in [-0.39, 0.29) is 18.5 Å². The lowest BCUT2D eigenvalue weighted by Crippen LogP contribution is -2.45. The molecule has 0 bridgehead atoms. The van der Waals surface area contributed by atoms with Crippen LogP contribution >= 0.6 is 11.6 Å². The summed E-state index contributed by atoms with van der Waals surface area (Å²) in [6, 6.07) is 6.54. The van der Waals surface area contributed by atoms with Crippen LogP contribution in [0.2, 0.25) is 5.02 Å². The first-order chi connectivity index (χ1) is 9.31. The maximum absolute atomic E-state index is 12.0. The van der Waals surface area contributed by atoms with Crippen LogP contribution in [0.15, 0.2) is 24.3 Å². The number of nitrogens with one attached hydrogen (secondary N) is 1. The molecule has 0 spiro atoms. The minimum absolute atomic E-state index is 0.166. The largest absolute Gasteiger partial charge is 0.480 e. The molecule has 2 atom stereocenters. The molecule has 0 saturated heterocycles. The van der Waals surface area contributed by atoms with Gasteiger partial charge in [0.25, 0.3) is 0 Å². The van der Waals surface area contributed by atoms with Gasteiger partial charge < -0.3 is 10.4 Å². The Morgan fingerprint density at radius 1 is 1.30 bits per heavy atom. The fourth-order valence-corrected chi connectivity index (χ4v) is 1.85. The van der Waals surface area contributed by atoms with E-state index < -0.39 is 12.0 Å². The Kier molecular flexibility index (Phi) is 5.98. The molecule has 0 aliphatic rings. The number of hydrogen-bond acceptors (Lipinski definition) is 3. The molecule has 5 nitrogen and oxygen atoms in total. The van der Waals surface area contributed by atoms with E-state index in [1.165, 1.54) is 4.90 Å². The average molecular weight is 299 g/mol. The molecular weight excluding hydrogens is 280 g/mol. The van der Waals surface area contributed by atoms with E-state index in [0.29, 0.717) is 5.02 Å². The standard InChI is InChI=1S/C14H19ClN2O3/c1-9(11-4-6-12(15)7-5-11)16-14(20)10(2)17(3)8-13(18)19/h4-7,9-10H,8H2,1-3H3,(H,16,20)(H,18,19). The molecule has 6 heteroatoms. The Morgan fingerprint density at radius 3 is 2.35 bits per heavy atom. The monoisotopic (exact) mass is 298 g/mol. The number of carbonyl (C=O) groups excluding carboxylic acids is 1. The van der Waals surface area contributed by atoms with Crippen molar-refractivity contribution in [2.45, 2.75) is 25.9 Å². The highest BCUT2D eigenvalue weighted by Crippen LogP contribution is 2.16. The number of hydrogen-bond donors (Lipinski definition) is 2. The fraction of sp³-hybridized carbons (Fsp3) is 0.429. The number of aliphatic carboxylic acids is 1. The molecule has 1 rings (SSSR count). The molecule has 0 saturated carbocycles. The Labute approximate surface area is 123 Å². The second-order valence-corrected chi connectivity index (χ2v) is 5.20. The van der Waals surface area contributed by atoms with Crippen molar-refractivity contribution >= 4 is 23.5 Å². The van der Waals surface area contributed by atoms with Gasteiger partial charge in [-0.1, -0.05) is 23.7 Å². The van der Waals surface area contributed by atoms with Gasteiger partial charge in [-0.15, -0.1) is 0 Å². The number of carboxylic acids is 1. The third-order valence-electron chi connectivity index (χ3n) is 3.15. The summed E-state index contributed by atoms with van der Waals surface area (Å²) in [5, 5.41) is 12.2. The van der Waals surface area contributed by atoms with Crippen LogP contribution in [0, 0.1) is 0 Å². The molecule has 1 aromatic rings. The van der Waals surface area contributed by atoms with Crippen molar-refractivity contribution in [3.05, 3.63) is 34.9 Å². The summed E-state index contributed by atoms with van der Waals surface area (Å²) >= 11 is 5.81. The zero-order valence-corrected chi connectivity index (χ0v) is 12.5. The van der Waals surface area contributed by atoms with Gasteiger partial charge in [0.15, 0.2) is 0 Å². The van der Waals surface area contributed by atoms with Gasteiger partial charge in [0.1, 0.15) is 0 Å². The molecule has 1 aromatic carbocycles. The van der Waals surface area contributed by atoms with Crippen LogP contribution in [0.4, 0.5) is 0 Å². The molecule has 110 valence electrons. The van der Waals surface area contributed by atoms with Gasteiger partial charge in [0.2, 0.25) is 5.91 Å². The molecule has 0 fully saturated rings. The SMILES string of the molecule is CC(NC(=O)C(C)N(C)CC(=O)O)c1ccc(Cl)cc1. The second-order valence-electron chi connectivity index (χ2n) is 4.77. The number of carboxylic acid groups (broad SMARTS) is 1. The lowest BCUT2D eigenvalue weighted by molar-refractivity contribution is -0.139. The van der Waals surface area contributed by atoms with E-state index in [2.05, 4.69) is 5.32 Å². The first kappa shape index (κ1) is 16.5. The summed E-state index contributed by atoms with van der Waals surface area (Å²) in [6.45, 7) is 3.36. The molecule has 0 radical (unpaired) electrons. The van der Waals surface area contributed by atoms with Gasteiger partial charge in [0.05, 0.1) is 18.6 Å². The van der Waals surface area contributed by atoms with Crippen LogP contribution in [-0.2, 0) is 9.59 Å². The lowest BCUT2D eigenvalue weighted by atomic mass is 10.1. The highest BCUT2D eigenvalue weighted by molar-refractivity contribution is 6.30. The third-order valence-corrected chi connectivity index (χ3v) is 3.41. The van der Waals surface area contributed by atoms with E-state index in [0.717, 1.165) is 5.56 Å². The quantitative estimate of drug-likeness (QED) is 0.842. The predicted molar refractivity (Wildman–Crippen MR) is 77.7 cm³/mol. The Hall–Kier alpha value is -1.59. The van der Waals surface area contributed by atoms with Crippen molar-refractivity contribution in [1.29, 1.82) is 0 Å². The third kappa shape index (κ3) is 4.83. The first-order valence-electron chi connectivity index (χ1n) is 6.29. The van der Waals surface area contributed by atoms with E-state index in [9.17, 15) is 9.59 Å². The summed E-state index contributed by atoms with van der Waals surface area (Å²) in [5.74, 6) is -1.17. The number of amides is 1. The van der Waals surface area contributed by atoms with Crippen LogP contribution in [0.1, 0.15) is 25.5 Å². The van der Waals surface area contributed by atoms with Crippen LogP contribution in [0.25, 0.3) is 0 Å². The Bertz CT molecular complexity index is 476. The summed E-state index contributed by atoms with van der Waals surface area (Å²) in [5.41, 5.74) is 0.941. The molecule has 2 unspecified atom stereocenters. The van der Waals surface area contributed by atoms with Crippen molar-refractivity contribution in [3.8, 4) is 0 Å². The minimum Gasteiger partial charge on any atom is -0.480 e. The molecule has 1 amide bonds. The van der Waals surface area contributed by atoms with Gasteiger partial charge >= 0.3 is 5.97 Å². The van der Waals surface area contributed by atoms with Crippen molar-refractivity contribution in [3.63, 3.8) is 0 Å². The molecular formula is C14H19ClN2O3. The first-order valence-corrected chi connectivity index (χ1v) is 6.67. The normalized spacial score (nSPS) is 13.8. The number of likely N-dealkylation sites (N-methyl/N-ethyl adjacent to an activating group) is 1. The number of halogens is 1. The topological polar surface area (TPSA) is 69.6 Å². The zero-order valence-electron chi connectivity index (χ0n) is 11.8. The number of nitrogens with zero attached hydrogens (tertiary/aromatic N) is 1. The number of benzene rings is 1. The van der Waals surface area contributed by atoms with Crippen LogP contribution in [-0.4, -0.2) is 41.5 Å². The van der Waals surface area contributed by atoms with E-state index >= 15 is 0 Å². The average Bonchev–Trinajstić information content (AvgIpc) is 2.37. The minimum atomic E-state index is -0.960. The van der Waals surface area contributed by atoms with E-state index in [1.807, 2.05) is 19.1 Å². The second kappa shape index (κ2) is 7.26. The predicted octanol–water partition coefficient (Wildman–Crippen LogP) is 1.92. The van der Waals surface area contributed by atoms with E-state index in [1.54, 1.807) is 26.1 Å². The van der Waals surface area contributed by atoms with Crippen LogP contribution in [0.3, 0.4) is 0 Å². The van der Waals surface area contributed by atoms with E-state index in [4.69, 9.17) is 16.7 Å². The zero-order chi connectivity index (χ0) is 15.3. The fourth-order valence-electron chi connectivity index (χ4n) is 1.72. The maximum Gasteiger partial charge on any atom is 0.317 e. The summed E-state index contributed by atoms with van der Waals surface area (Å²) in [4.78, 5) is 24.1. The van der Waals surface area contributed by atoms with Crippen LogP contribution in [0.5, 0.6) is 0 Å². The molecule has 0 aliphatic carbocycles. The molecule has 2 N–H and O–H groups in total. The van der Waals surface area contributed by atoms with Gasteiger partial charge in [-0.2, -0.15) is 0 Å². The smallest absolute Gasteiger partial charge is 0.317 e. The Balaban J connectivity index is 2.60. The highest BCUT2D eigenvalue weighted by Gasteiger charge is 2.21.